The quantitative estimate of drug-likeness (QED) is 0.708. The summed E-state index contributed by atoms with van der Waals surface area (Å²) in [6, 6.07) is 8.85. The van der Waals surface area contributed by atoms with Crippen LogP contribution >= 0.6 is 0 Å². The summed E-state index contributed by atoms with van der Waals surface area (Å²) in [5, 5.41) is 9.40. The highest BCUT2D eigenvalue weighted by Gasteiger charge is 2.27. The summed E-state index contributed by atoms with van der Waals surface area (Å²) in [5.41, 5.74) is 0.976. The Balaban J connectivity index is 2.86. The zero-order valence-corrected chi connectivity index (χ0v) is 12.6. The van der Waals surface area contributed by atoms with E-state index in [1.54, 1.807) is 11.8 Å². The van der Waals surface area contributed by atoms with Crippen molar-refractivity contribution in [3.63, 3.8) is 0 Å². The first-order valence-corrected chi connectivity index (χ1v) is 7.24. The largest absolute Gasteiger partial charge is 0.480 e. The van der Waals surface area contributed by atoms with E-state index < -0.39 is 18.0 Å². The Morgan fingerprint density at radius 3 is 2.43 bits per heavy atom. The molecule has 21 heavy (non-hydrogen) atoms. The highest BCUT2D eigenvalue weighted by molar-refractivity contribution is 5.76. The molecule has 1 aromatic carbocycles. The van der Waals surface area contributed by atoms with Crippen molar-refractivity contribution in [2.45, 2.75) is 39.3 Å². The summed E-state index contributed by atoms with van der Waals surface area (Å²) in [7, 11) is 0. The van der Waals surface area contributed by atoms with E-state index in [-0.39, 0.29) is 6.54 Å². The molecule has 5 heteroatoms. The number of hydrogen-bond donors (Lipinski definition) is 1. The zero-order valence-electron chi connectivity index (χ0n) is 12.6. The van der Waals surface area contributed by atoms with Gasteiger partial charge in [0, 0.05) is 6.54 Å². The summed E-state index contributed by atoms with van der Waals surface area (Å²) < 4.78 is 4.94. The smallest absolute Gasteiger partial charge is 0.320 e. The van der Waals surface area contributed by atoms with Gasteiger partial charge in [-0.05, 0) is 18.9 Å². The number of carboxylic acid groups (broad SMARTS) is 1. The Bertz CT molecular complexity index is 447. The van der Waals surface area contributed by atoms with E-state index in [1.807, 2.05) is 37.3 Å². The Hall–Kier alpha value is -1.88. The molecule has 0 saturated heterocycles. The van der Waals surface area contributed by atoms with Crippen LogP contribution in [0.2, 0.25) is 0 Å². The van der Waals surface area contributed by atoms with Crippen molar-refractivity contribution in [2.24, 2.45) is 0 Å². The summed E-state index contributed by atoms with van der Waals surface area (Å²) in [6.45, 7) is 4.36. The molecule has 0 amide bonds. The third-order valence-electron chi connectivity index (χ3n) is 3.15. The fraction of sp³-hybridized carbons (Fsp3) is 0.500. The van der Waals surface area contributed by atoms with Crippen molar-refractivity contribution in [1.82, 2.24) is 4.90 Å². The summed E-state index contributed by atoms with van der Waals surface area (Å²) in [4.78, 5) is 24.9. The van der Waals surface area contributed by atoms with Gasteiger partial charge in [-0.3, -0.25) is 14.5 Å². The van der Waals surface area contributed by atoms with Gasteiger partial charge in [0.2, 0.25) is 0 Å². The highest BCUT2D eigenvalue weighted by atomic mass is 16.5. The first-order chi connectivity index (χ1) is 10.1. The van der Waals surface area contributed by atoms with Crippen LogP contribution in [0, 0.1) is 0 Å². The number of rotatable bonds is 9. The molecule has 0 fully saturated rings. The Labute approximate surface area is 125 Å². The van der Waals surface area contributed by atoms with E-state index in [9.17, 15) is 14.7 Å². The molecule has 0 aliphatic rings. The van der Waals surface area contributed by atoms with Crippen LogP contribution in [0.1, 0.15) is 32.3 Å². The number of carbonyl (C=O) groups is 2. The Kier molecular flexibility index (Phi) is 7.46. The van der Waals surface area contributed by atoms with Crippen molar-refractivity contribution in [3.05, 3.63) is 35.9 Å². The van der Waals surface area contributed by atoms with Gasteiger partial charge in [0.25, 0.3) is 0 Å². The monoisotopic (exact) mass is 293 g/mol. The van der Waals surface area contributed by atoms with Crippen LogP contribution in [0.25, 0.3) is 0 Å². The van der Waals surface area contributed by atoms with Gasteiger partial charge in [0.1, 0.15) is 6.04 Å². The lowest BCUT2D eigenvalue weighted by molar-refractivity contribution is -0.149. The van der Waals surface area contributed by atoms with Gasteiger partial charge in [0.15, 0.2) is 0 Å². The number of hydrogen-bond acceptors (Lipinski definition) is 4. The third kappa shape index (κ3) is 5.95. The lowest BCUT2D eigenvalue weighted by Gasteiger charge is -2.27. The van der Waals surface area contributed by atoms with Crippen molar-refractivity contribution >= 4 is 11.9 Å². The summed E-state index contributed by atoms with van der Waals surface area (Å²) >= 11 is 0. The number of nitrogens with zero attached hydrogens (tertiary/aromatic N) is 1. The number of aliphatic carboxylic acids is 1. The first kappa shape index (κ1) is 17.2. The van der Waals surface area contributed by atoms with Gasteiger partial charge in [-0.2, -0.15) is 0 Å². The normalized spacial score (nSPS) is 12.1. The summed E-state index contributed by atoms with van der Waals surface area (Å²) in [6.07, 6.45) is 1.24. The van der Waals surface area contributed by atoms with Crippen LogP contribution in [-0.2, 0) is 20.9 Å². The lowest BCUT2D eigenvalue weighted by atomic mass is 10.1. The fourth-order valence-electron chi connectivity index (χ4n) is 2.20. The molecule has 0 heterocycles. The SMILES string of the molecule is CCCC(C(=O)O)N(CC(=O)OCC)Cc1ccccc1. The zero-order chi connectivity index (χ0) is 15.7. The number of benzene rings is 1. The van der Waals surface area contributed by atoms with Crippen molar-refractivity contribution in [1.29, 1.82) is 0 Å². The van der Waals surface area contributed by atoms with Crippen LogP contribution in [0.5, 0.6) is 0 Å². The van der Waals surface area contributed by atoms with Gasteiger partial charge < -0.3 is 9.84 Å². The predicted molar refractivity (Wildman–Crippen MR) is 79.8 cm³/mol. The maximum absolute atomic E-state index is 11.7. The molecule has 5 nitrogen and oxygen atoms in total. The van der Waals surface area contributed by atoms with Gasteiger partial charge in [-0.15, -0.1) is 0 Å². The molecule has 1 atom stereocenters. The minimum atomic E-state index is -0.905. The van der Waals surface area contributed by atoms with Crippen molar-refractivity contribution in [2.75, 3.05) is 13.2 Å². The Morgan fingerprint density at radius 1 is 1.24 bits per heavy atom. The van der Waals surface area contributed by atoms with E-state index >= 15 is 0 Å². The van der Waals surface area contributed by atoms with E-state index in [2.05, 4.69) is 0 Å². The van der Waals surface area contributed by atoms with Crippen LogP contribution in [0.4, 0.5) is 0 Å². The average Bonchev–Trinajstić information content (AvgIpc) is 2.45. The average molecular weight is 293 g/mol. The molecule has 0 aromatic heterocycles. The molecule has 0 saturated carbocycles. The van der Waals surface area contributed by atoms with Crippen LogP contribution in [0.3, 0.4) is 0 Å². The second-order valence-corrected chi connectivity index (χ2v) is 4.84. The molecule has 0 spiro atoms. The van der Waals surface area contributed by atoms with E-state index in [0.29, 0.717) is 19.6 Å². The van der Waals surface area contributed by atoms with Gasteiger partial charge in [-0.1, -0.05) is 43.7 Å². The molecule has 1 aromatic rings. The van der Waals surface area contributed by atoms with Gasteiger partial charge in [0.05, 0.1) is 13.2 Å². The maximum Gasteiger partial charge on any atom is 0.320 e. The molecule has 1 unspecified atom stereocenters. The molecule has 1 N–H and O–H groups in total. The molecule has 116 valence electrons. The number of ether oxygens (including phenoxy) is 1. The third-order valence-corrected chi connectivity index (χ3v) is 3.15. The van der Waals surface area contributed by atoms with E-state index in [4.69, 9.17) is 4.74 Å². The van der Waals surface area contributed by atoms with Crippen LogP contribution < -0.4 is 0 Å². The topological polar surface area (TPSA) is 66.8 Å². The van der Waals surface area contributed by atoms with Gasteiger partial charge in [-0.25, -0.2) is 0 Å². The van der Waals surface area contributed by atoms with Crippen molar-refractivity contribution < 1.29 is 19.4 Å². The molecular weight excluding hydrogens is 270 g/mol. The molecule has 0 bridgehead atoms. The molecule has 1 rings (SSSR count). The minimum Gasteiger partial charge on any atom is -0.480 e. The standard InChI is InChI=1S/C16H23NO4/c1-3-8-14(16(19)20)17(12-15(18)21-4-2)11-13-9-6-5-7-10-13/h5-7,9-10,14H,3-4,8,11-12H2,1-2H3,(H,19,20). The number of carbonyl (C=O) groups excluding carboxylic acids is 1. The number of esters is 1. The van der Waals surface area contributed by atoms with Crippen molar-refractivity contribution in [3.8, 4) is 0 Å². The minimum absolute atomic E-state index is 0.0142. The van der Waals surface area contributed by atoms with E-state index in [1.165, 1.54) is 0 Å². The number of carboxylic acids is 1. The predicted octanol–water partition coefficient (Wildman–Crippen LogP) is 2.30. The first-order valence-electron chi connectivity index (χ1n) is 7.24. The maximum atomic E-state index is 11.7. The lowest BCUT2D eigenvalue weighted by Crippen LogP contribution is -2.43. The second kappa shape index (κ2) is 9.13. The van der Waals surface area contributed by atoms with Gasteiger partial charge >= 0.3 is 11.9 Å². The van der Waals surface area contributed by atoms with Crippen LogP contribution in [-0.4, -0.2) is 41.1 Å². The second-order valence-electron chi connectivity index (χ2n) is 4.84. The molecular formula is C16H23NO4. The van der Waals surface area contributed by atoms with E-state index in [0.717, 1.165) is 12.0 Å². The highest BCUT2D eigenvalue weighted by Crippen LogP contribution is 2.13. The summed E-state index contributed by atoms with van der Waals surface area (Å²) in [5.74, 6) is -1.30. The van der Waals surface area contributed by atoms with Crippen LogP contribution in [0.15, 0.2) is 30.3 Å². The molecule has 0 aliphatic carbocycles. The Morgan fingerprint density at radius 2 is 1.90 bits per heavy atom. The molecule has 0 radical (unpaired) electrons. The fourth-order valence-corrected chi connectivity index (χ4v) is 2.20. The molecule has 0 aliphatic heterocycles.